The summed E-state index contributed by atoms with van der Waals surface area (Å²) in [6, 6.07) is 8.90. The van der Waals surface area contributed by atoms with Crippen molar-refractivity contribution in [2.45, 2.75) is 6.10 Å². The molecule has 0 saturated carbocycles. The molecular formula is C13H12ClN3O2. The van der Waals surface area contributed by atoms with Crippen molar-refractivity contribution in [3.63, 3.8) is 0 Å². The Morgan fingerprint density at radius 2 is 2.16 bits per heavy atom. The number of benzene rings is 1. The van der Waals surface area contributed by atoms with Crippen LogP contribution in [0.2, 0.25) is 5.02 Å². The van der Waals surface area contributed by atoms with Crippen LogP contribution >= 0.6 is 11.6 Å². The van der Waals surface area contributed by atoms with Gasteiger partial charge in [0.1, 0.15) is 0 Å². The third-order valence-corrected chi connectivity index (χ3v) is 3.27. The molecule has 1 amide bonds. The average molecular weight is 278 g/mol. The lowest BCUT2D eigenvalue weighted by Crippen LogP contribution is -2.53. The predicted octanol–water partition coefficient (Wildman–Crippen LogP) is 1.34. The van der Waals surface area contributed by atoms with E-state index in [1.54, 1.807) is 34.0 Å². The normalized spacial score (nSPS) is 15.4. The Balaban J connectivity index is 1.81. The summed E-state index contributed by atoms with van der Waals surface area (Å²) in [5.41, 5.74) is 1.17. The highest BCUT2D eigenvalue weighted by Gasteiger charge is 2.30. The highest BCUT2D eigenvalue weighted by molar-refractivity contribution is 6.30. The Labute approximate surface area is 115 Å². The molecule has 0 unspecified atom stereocenters. The Hall–Kier alpha value is -1.85. The fourth-order valence-corrected chi connectivity index (χ4v) is 2.17. The van der Waals surface area contributed by atoms with Gasteiger partial charge in [-0.3, -0.25) is 4.79 Å². The van der Waals surface area contributed by atoms with Crippen molar-refractivity contribution in [2.75, 3.05) is 13.1 Å². The van der Waals surface area contributed by atoms with Gasteiger partial charge in [0.15, 0.2) is 5.69 Å². The van der Waals surface area contributed by atoms with Gasteiger partial charge >= 0.3 is 0 Å². The summed E-state index contributed by atoms with van der Waals surface area (Å²) < 4.78 is 1.61. The zero-order valence-corrected chi connectivity index (χ0v) is 10.8. The van der Waals surface area contributed by atoms with Crippen LogP contribution in [0.5, 0.6) is 0 Å². The van der Waals surface area contributed by atoms with E-state index in [1.165, 1.54) is 0 Å². The van der Waals surface area contributed by atoms with Gasteiger partial charge in [-0.2, -0.15) is 5.10 Å². The number of carbonyl (C=O) groups excluding carboxylic acids is 1. The topological polar surface area (TPSA) is 58.4 Å². The third kappa shape index (κ3) is 2.34. The number of hydrogen-bond donors (Lipinski definition) is 1. The van der Waals surface area contributed by atoms with Gasteiger partial charge in [0.25, 0.3) is 5.91 Å². The van der Waals surface area contributed by atoms with Crippen LogP contribution in [0.15, 0.2) is 36.5 Å². The van der Waals surface area contributed by atoms with E-state index in [-0.39, 0.29) is 5.91 Å². The molecule has 1 aromatic carbocycles. The average Bonchev–Trinajstić information content (AvgIpc) is 2.84. The monoisotopic (exact) mass is 277 g/mol. The summed E-state index contributed by atoms with van der Waals surface area (Å²) in [5.74, 6) is -0.161. The molecular weight excluding hydrogens is 266 g/mol. The van der Waals surface area contributed by atoms with E-state index in [2.05, 4.69) is 5.10 Å². The van der Waals surface area contributed by atoms with Gasteiger partial charge in [0.05, 0.1) is 11.8 Å². The van der Waals surface area contributed by atoms with Crippen molar-refractivity contribution in [3.8, 4) is 5.69 Å². The van der Waals surface area contributed by atoms with Gasteiger partial charge in [0.2, 0.25) is 0 Å². The van der Waals surface area contributed by atoms with Crippen LogP contribution in [-0.4, -0.2) is 44.9 Å². The number of aliphatic hydroxyl groups excluding tert-OH is 1. The van der Waals surface area contributed by atoms with Gasteiger partial charge in [-0.15, -0.1) is 0 Å². The molecule has 2 aromatic rings. The largest absolute Gasteiger partial charge is 0.389 e. The predicted molar refractivity (Wildman–Crippen MR) is 70.5 cm³/mol. The van der Waals surface area contributed by atoms with Crippen molar-refractivity contribution in [1.29, 1.82) is 0 Å². The summed E-state index contributed by atoms with van der Waals surface area (Å²) in [5, 5.41) is 14.0. The number of amides is 1. The molecule has 1 saturated heterocycles. The van der Waals surface area contributed by atoms with E-state index in [9.17, 15) is 9.90 Å². The van der Waals surface area contributed by atoms with Crippen molar-refractivity contribution in [1.82, 2.24) is 14.7 Å². The van der Waals surface area contributed by atoms with E-state index < -0.39 is 6.10 Å². The van der Waals surface area contributed by atoms with Crippen LogP contribution < -0.4 is 0 Å². The minimum atomic E-state index is -0.404. The maximum atomic E-state index is 12.0. The molecule has 0 bridgehead atoms. The number of β-amino-alcohol motifs (C(OH)–C–C–N with tert-alkyl or cyclic N) is 1. The van der Waals surface area contributed by atoms with Gasteiger partial charge in [-0.1, -0.05) is 17.7 Å². The van der Waals surface area contributed by atoms with Crippen molar-refractivity contribution < 1.29 is 9.90 Å². The van der Waals surface area contributed by atoms with Crippen LogP contribution in [0, 0.1) is 0 Å². The first-order valence-electron chi connectivity index (χ1n) is 5.92. The van der Waals surface area contributed by atoms with E-state index in [0.29, 0.717) is 23.8 Å². The molecule has 19 heavy (non-hydrogen) atoms. The molecule has 1 aliphatic rings. The molecule has 6 heteroatoms. The molecule has 1 aliphatic heterocycles. The lowest BCUT2D eigenvalue weighted by atomic mass is 10.1. The number of aromatic nitrogens is 2. The third-order valence-electron chi connectivity index (χ3n) is 3.03. The summed E-state index contributed by atoms with van der Waals surface area (Å²) in [4.78, 5) is 13.6. The van der Waals surface area contributed by atoms with Crippen molar-refractivity contribution >= 4 is 17.5 Å². The number of aliphatic hydroxyl groups is 1. The van der Waals surface area contributed by atoms with E-state index in [0.717, 1.165) is 5.69 Å². The SMILES string of the molecule is O=C(c1ccn(-c2cccc(Cl)c2)n1)N1CC(O)C1. The first-order chi connectivity index (χ1) is 9.13. The second-order valence-electron chi connectivity index (χ2n) is 4.49. The van der Waals surface area contributed by atoms with E-state index >= 15 is 0 Å². The molecule has 98 valence electrons. The molecule has 1 fully saturated rings. The fraction of sp³-hybridized carbons (Fsp3) is 0.231. The quantitative estimate of drug-likeness (QED) is 0.901. The molecule has 3 rings (SSSR count). The Morgan fingerprint density at radius 1 is 1.37 bits per heavy atom. The van der Waals surface area contributed by atoms with Crippen LogP contribution in [0.3, 0.4) is 0 Å². The molecule has 1 aromatic heterocycles. The number of halogens is 1. The van der Waals surface area contributed by atoms with Crippen LogP contribution in [0.25, 0.3) is 5.69 Å². The van der Waals surface area contributed by atoms with Gasteiger partial charge < -0.3 is 10.0 Å². The minimum Gasteiger partial charge on any atom is -0.389 e. The zero-order chi connectivity index (χ0) is 13.4. The van der Waals surface area contributed by atoms with Crippen LogP contribution in [-0.2, 0) is 0 Å². The molecule has 0 atom stereocenters. The molecule has 0 aliphatic carbocycles. The first kappa shape index (κ1) is 12.2. The number of hydrogen-bond acceptors (Lipinski definition) is 3. The Kier molecular flexibility index (Phi) is 3.00. The van der Waals surface area contributed by atoms with Gasteiger partial charge in [-0.25, -0.2) is 4.68 Å². The number of nitrogens with zero attached hydrogens (tertiary/aromatic N) is 3. The summed E-state index contributed by atoms with van der Waals surface area (Å²) in [6.45, 7) is 0.756. The first-order valence-corrected chi connectivity index (χ1v) is 6.30. The van der Waals surface area contributed by atoms with Gasteiger partial charge in [0, 0.05) is 24.3 Å². The number of carbonyl (C=O) groups is 1. The second kappa shape index (κ2) is 4.68. The molecule has 1 N–H and O–H groups in total. The van der Waals surface area contributed by atoms with Crippen molar-refractivity contribution in [2.24, 2.45) is 0 Å². The lowest BCUT2D eigenvalue weighted by Gasteiger charge is -2.35. The van der Waals surface area contributed by atoms with Crippen molar-refractivity contribution in [3.05, 3.63) is 47.2 Å². The molecule has 0 radical (unpaired) electrons. The van der Waals surface area contributed by atoms with E-state index in [1.807, 2.05) is 12.1 Å². The molecule has 2 heterocycles. The summed E-state index contributed by atoms with van der Waals surface area (Å²) in [6.07, 6.45) is 1.31. The maximum absolute atomic E-state index is 12.0. The smallest absolute Gasteiger partial charge is 0.274 e. The Bertz CT molecular complexity index is 620. The fourth-order valence-electron chi connectivity index (χ4n) is 1.98. The molecule has 0 spiro atoms. The molecule has 5 nitrogen and oxygen atoms in total. The Morgan fingerprint density at radius 3 is 2.84 bits per heavy atom. The second-order valence-corrected chi connectivity index (χ2v) is 4.93. The highest BCUT2D eigenvalue weighted by atomic mass is 35.5. The summed E-state index contributed by atoms with van der Waals surface area (Å²) >= 11 is 5.92. The van der Waals surface area contributed by atoms with Crippen LogP contribution in [0.4, 0.5) is 0 Å². The zero-order valence-electron chi connectivity index (χ0n) is 10.0. The van der Waals surface area contributed by atoms with Gasteiger partial charge in [-0.05, 0) is 24.3 Å². The summed E-state index contributed by atoms with van der Waals surface area (Å²) in [7, 11) is 0. The highest BCUT2D eigenvalue weighted by Crippen LogP contribution is 2.16. The number of rotatable bonds is 2. The van der Waals surface area contributed by atoms with Crippen LogP contribution in [0.1, 0.15) is 10.5 Å². The lowest BCUT2D eigenvalue weighted by molar-refractivity contribution is 0.00547. The standard InChI is InChI=1S/C13H12ClN3O2/c14-9-2-1-3-10(6-9)17-5-4-12(15-17)13(19)16-7-11(18)8-16/h1-6,11,18H,7-8H2. The number of likely N-dealkylation sites (tertiary alicyclic amines) is 1. The minimum absolute atomic E-state index is 0.161. The van der Waals surface area contributed by atoms with E-state index in [4.69, 9.17) is 11.6 Å². The maximum Gasteiger partial charge on any atom is 0.274 e.